The number of carbonyl (C=O) groups is 1. The summed E-state index contributed by atoms with van der Waals surface area (Å²) in [5.74, 6) is 0. The van der Waals surface area contributed by atoms with Crippen molar-refractivity contribution in [2.45, 2.75) is 20.8 Å². The molecule has 0 fully saturated rings. The molecule has 0 spiro atoms. The van der Waals surface area contributed by atoms with Crippen molar-refractivity contribution in [1.29, 1.82) is 0 Å². The Morgan fingerprint density at radius 1 is 1.09 bits per heavy atom. The molecule has 2 rings (SSSR count). The highest BCUT2D eigenvalue weighted by atomic mass is 35.5. The maximum absolute atomic E-state index is 11.9. The average molecular weight is 463 g/mol. The van der Waals surface area contributed by atoms with Crippen molar-refractivity contribution in [3.63, 3.8) is 0 Å². The zero-order chi connectivity index (χ0) is 23.7. The Balaban J connectivity index is 2.49. The van der Waals surface area contributed by atoms with Gasteiger partial charge in [0.2, 0.25) is 0 Å². The van der Waals surface area contributed by atoms with Gasteiger partial charge in [0.1, 0.15) is 17.5 Å². The molecule has 2 aromatic rings. The lowest BCUT2D eigenvalue weighted by Crippen LogP contribution is -2.43. The number of amides is 1. The summed E-state index contributed by atoms with van der Waals surface area (Å²) < 4.78 is 5.30. The minimum absolute atomic E-state index is 0.0531. The molecular weight excluding hydrogens is 438 g/mol. The fraction of sp³-hybridized carbons (Fsp3) is 0.381. The number of non-ortho nitro benzene ring substituents is 1. The van der Waals surface area contributed by atoms with Gasteiger partial charge >= 0.3 is 0 Å². The minimum Gasteiger partial charge on any atom is -0.530 e. The van der Waals surface area contributed by atoms with E-state index in [4.69, 9.17) is 16.3 Å². The van der Waals surface area contributed by atoms with Gasteiger partial charge in [-0.3, -0.25) is 10.1 Å². The zero-order valence-corrected chi connectivity index (χ0v) is 18.9. The zero-order valence-electron chi connectivity index (χ0n) is 18.2. The molecule has 0 saturated heterocycles. The van der Waals surface area contributed by atoms with Crippen LogP contribution in [0.2, 0.25) is 5.02 Å². The van der Waals surface area contributed by atoms with Crippen LogP contribution in [0.15, 0.2) is 46.6 Å². The number of nitro groups is 1. The summed E-state index contributed by atoms with van der Waals surface area (Å²) in [6.45, 7) is 7.98. The van der Waals surface area contributed by atoms with E-state index < -0.39 is 11.0 Å². The number of nitro benzene ring substituents is 1. The smallest absolute Gasteiger partial charge is 0.271 e. The molecule has 0 aliphatic rings. The van der Waals surface area contributed by atoms with Gasteiger partial charge in [-0.15, -0.1) is 10.2 Å². The maximum Gasteiger partial charge on any atom is 0.271 e. The first-order valence-corrected chi connectivity index (χ1v) is 10.5. The van der Waals surface area contributed by atoms with Crippen LogP contribution in [0.25, 0.3) is 0 Å². The molecule has 0 aromatic heterocycles. The van der Waals surface area contributed by atoms with Gasteiger partial charge in [0.25, 0.3) is 5.69 Å². The third-order valence-corrected chi connectivity index (χ3v) is 4.97. The lowest BCUT2D eigenvalue weighted by molar-refractivity contribution is -0.384. The average Bonchev–Trinajstić information content (AvgIpc) is 2.77. The third kappa shape index (κ3) is 6.38. The van der Waals surface area contributed by atoms with Gasteiger partial charge in [-0.2, -0.15) is 0 Å². The van der Waals surface area contributed by atoms with Crippen LogP contribution in [0, 0.1) is 10.1 Å². The molecule has 0 atom stereocenters. The molecule has 11 heteroatoms. The van der Waals surface area contributed by atoms with Crippen LogP contribution in [0.5, 0.6) is 0 Å². The maximum atomic E-state index is 11.9. The summed E-state index contributed by atoms with van der Waals surface area (Å²) >= 11 is 6.09. The second kappa shape index (κ2) is 12.0. The molecule has 0 bridgehead atoms. The van der Waals surface area contributed by atoms with Crippen molar-refractivity contribution in [3.8, 4) is 0 Å². The minimum atomic E-state index is -1.40. The van der Waals surface area contributed by atoms with E-state index in [1.807, 2.05) is 26.8 Å². The monoisotopic (exact) mass is 462 g/mol. The molecule has 2 aromatic carbocycles. The molecule has 10 nitrogen and oxygen atoms in total. The van der Waals surface area contributed by atoms with Gasteiger partial charge in [0.05, 0.1) is 22.2 Å². The predicted molar refractivity (Wildman–Crippen MR) is 122 cm³/mol. The number of benzene rings is 2. The number of halogens is 1. The van der Waals surface area contributed by atoms with Gasteiger partial charge < -0.3 is 24.4 Å². The summed E-state index contributed by atoms with van der Waals surface area (Å²) in [7, 11) is 0. The molecule has 1 amide bonds. The molecule has 0 unspecified atom stereocenters. The number of nitrogens with zero attached hydrogens (tertiary/aromatic N) is 5. The lowest BCUT2D eigenvalue weighted by Gasteiger charge is -2.28. The van der Waals surface area contributed by atoms with Crippen molar-refractivity contribution in [3.05, 3.63) is 51.5 Å². The molecule has 0 aliphatic heterocycles. The predicted octanol–water partition coefficient (Wildman–Crippen LogP) is 4.70. The normalized spacial score (nSPS) is 11.0. The second-order valence-corrected chi connectivity index (χ2v) is 6.96. The summed E-state index contributed by atoms with van der Waals surface area (Å²) in [6, 6.07) is 9.00. The molecule has 0 aliphatic carbocycles. The highest BCUT2D eigenvalue weighted by Gasteiger charge is 2.16. The molecule has 0 N–H and O–H groups in total. The fourth-order valence-electron chi connectivity index (χ4n) is 3.01. The van der Waals surface area contributed by atoms with E-state index >= 15 is 0 Å². The Bertz CT molecular complexity index is 981. The van der Waals surface area contributed by atoms with E-state index in [2.05, 4.69) is 15.1 Å². The number of carboxylic acid groups (broad SMARTS) is 1. The van der Waals surface area contributed by atoms with Crippen molar-refractivity contribution in [2.75, 3.05) is 42.6 Å². The number of ether oxygens (including phenoxy) is 1. The van der Waals surface area contributed by atoms with E-state index in [0.717, 1.165) is 23.7 Å². The number of hydrogen-bond acceptors (Lipinski definition) is 8. The SMILES string of the molecule is CCOCCN(C(=O)[O-])c1cc(N(CC)CC)ccc1N=Nc1ccc([N+](=O)[O-])cc1Cl. The Morgan fingerprint density at radius 3 is 2.31 bits per heavy atom. The van der Waals surface area contributed by atoms with E-state index in [-0.39, 0.29) is 40.9 Å². The van der Waals surface area contributed by atoms with Crippen LogP contribution in [-0.4, -0.2) is 43.9 Å². The Kier molecular flexibility index (Phi) is 9.36. The van der Waals surface area contributed by atoms with E-state index in [1.165, 1.54) is 18.2 Å². The fourth-order valence-corrected chi connectivity index (χ4v) is 3.22. The van der Waals surface area contributed by atoms with Crippen LogP contribution in [-0.2, 0) is 4.74 Å². The summed E-state index contributed by atoms with van der Waals surface area (Å²) in [5.41, 5.74) is 1.43. The second-order valence-electron chi connectivity index (χ2n) is 6.55. The van der Waals surface area contributed by atoms with E-state index in [1.54, 1.807) is 12.1 Å². The number of carbonyl (C=O) groups excluding carboxylic acids is 1. The largest absolute Gasteiger partial charge is 0.530 e. The molecular formula is C21H25ClN5O5-. The number of anilines is 2. The quantitative estimate of drug-likeness (QED) is 0.206. The number of azo groups is 1. The molecule has 172 valence electrons. The molecule has 32 heavy (non-hydrogen) atoms. The van der Waals surface area contributed by atoms with Gasteiger partial charge in [-0.1, -0.05) is 11.6 Å². The Morgan fingerprint density at radius 2 is 1.75 bits per heavy atom. The standard InChI is InChI=1S/C21H26ClN5O5/c1-4-25(5-2)15-7-10-19(20(14-15)26(21(28)29)11-12-32-6-3)24-23-18-9-8-16(27(30)31)13-17(18)22/h7-10,13-14H,4-6,11-12H2,1-3H3,(H,28,29)/p-1. The Labute approximate surface area is 191 Å². The van der Waals surface area contributed by atoms with Gasteiger partial charge in [0, 0.05) is 44.1 Å². The summed E-state index contributed by atoms with van der Waals surface area (Å²) in [4.78, 5) is 25.3. The van der Waals surface area contributed by atoms with Crippen LogP contribution in [0.3, 0.4) is 0 Å². The van der Waals surface area contributed by atoms with Crippen LogP contribution >= 0.6 is 11.6 Å². The van der Waals surface area contributed by atoms with Crippen LogP contribution < -0.4 is 14.9 Å². The lowest BCUT2D eigenvalue weighted by atomic mass is 10.2. The van der Waals surface area contributed by atoms with E-state index in [9.17, 15) is 20.0 Å². The summed E-state index contributed by atoms with van der Waals surface area (Å²) in [6.07, 6.45) is -1.40. The van der Waals surface area contributed by atoms with Gasteiger partial charge in [-0.25, -0.2) is 0 Å². The highest BCUT2D eigenvalue weighted by Crippen LogP contribution is 2.36. The summed E-state index contributed by atoms with van der Waals surface area (Å²) in [5, 5.41) is 31.1. The van der Waals surface area contributed by atoms with Gasteiger partial charge in [-0.05, 0) is 45.0 Å². The van der Waals surface area contributed by atoms with Crippen LogP contribution in [0.4, 0.5) is 33.2 Å². The van der Waals surface area contributed by atoms with Crippen molar-refractivity contribution in [2.24, 2.45) is 10.2 Å². The Hall–Kier alpha value is -3.24. The van der Waals surface area contributed by atoms with Crippen molar-refractivity contribution < 1.29 is 19.6 Å². The molecule has 0 heterocycles. The number of rotatable bonds is 11. The number of hydrogen-bond donors (Lipinski definition) is 0. The first-order valence-electron chi connectivity index (χ1n) is 10.1. The molecule has 0 saturated carbocycles. The van der Waals surface area contributed by atoms with Crippen molar-refractivity contribution >= 4 is 46.1 Å². The van der Waals surface area contributed by atoms with Crippen molar-refractivity contribution in [1.82, 2.24) is 0 Å². The highest BCUT2D eigenvalue weighted by molar-refractivity contribution is 6.33. The molecule has 0 radical (unpaired) electrons. The van der Waals surface area contributed by atoms with Crippen LogP contribution in [0.1, 0.15) is 20.8 Å². The topological polar surface area (TPSA) is 124 Å². The first kappa shape index (κ1) is 25.0. The third-order valence-electron chi connectivity index (χ3n) is 4.67. The van der Waals surface area contributed by atoms with E-state index in [0.29, 0.717) is 6.61 Å². The first-order chi connectivity index (χ1) is 15.3. The van der Waals surface area contributed by atoms with Gasteiger partial charge in [0.15, 0.2) is 0 Å².